The number of fused-ring (bicyclic) bond motifs is 1. The summed E-state index contributed by atoms with van der Waals surface area (Å²) in [5, 5.41) is 39.1. The van der Waals surface area contributed by atoms with E-state index in [0.717, 1.165) is 5.57 Å². The third-order valence-electron chi connectivity index (χ3n) is 5.04. The van der Waals surface area contributed by atoms with E-state index in [1.165, 1.54) is 19.4 Å². The predicted molar refractivity (Wildman–Crippen MR) is 85.4 cm³/mol. The molecule has 0 saturated carbocycles. The van der Waals surface area contributed by atoms with Gasteiger partial charge in [-0.3, -0.25) is 4.79 Å². The lowest BCUT2D eigenvalue weighted by Crippen LogP contribution is -2.60. The molecule has 146 valence electrons. The van der Waals surface area contributed by atoms with Crippen molar-refractivity contribution in [3.05, 3.63) is 23.5 Å². The fraction of sp³-hybridized carbons (Fsp3) is 0.706. The van der Waals surface area contributed by atoms with Crippen molar-refractivity contribution in [2.45, 2.75) is 43.9 Å². The van der Waals surface area contributed by atoms with E-state index in [2.05, 4.69) is 0 Å². The number of ketones is 1. The lowest BCUT2D eigenvalue weighted by molar-refractivity contribution is -0.339. The van der Waals surface area contributed by atoms with Gasteiger partial charge in [0, 0.05) is 12.7 Å². The summed E-state index contributed by atoms with van der Waals surface area (Å²) in [5.74, 6) is -0.995. The van der Waals surface area contributed by atoms with Gasteiger partial charge < -0.3 is 39.4 Å². The topological polar surface area (TPSA) is 135 Å². The zero-order chi connectivity index (χ0) is 19.0. The Morgan fingerprint density at radius 2 is 1.88 bits per heavy atom. The largest absolute Gasteiger partial charge is 0.472 e. The first-order valence-electron chi connectivity index (χ1n) is 8.40. The van der Waals surface area contributed by atoms with E-state index in [0.29, 0.717) is 5.57 Å². The summed E-state index contributed by atoms with van der Waals surface area (Å²) >= 11 is 0. The molecule has 0 aromatic rings. The van der Waals surface area contributed by atoms with Crippen molar-refractivity contribution >= 4 is 5.78 Å². The monoisotopic (exact) mass is 372 g/mol. The highest BCUT2D eigenvalue weighted by atomic mass is 16.8. The number of allylic oxidation sites excluding steroid dienone is 1. The van der Waals surface area contributed by atoms with Gasteiger partial charge in [-0.15, -0.1) is 0 Å². The molecule has 4 N–H and O–H groups in total. The number of hydrogen-bond donors (Lipinski definition) is 4. The number of methoxy groups -OCH3 is 1. The second-order valence-corrected chi connectivity index (χ2v) is 6.76. The van der Waals surface area contributed by atoms with Gasteiger partial charge in [0.2, 0.25) is 6.29 Å². The standard InChI is InChI=1S/C17H24O9/c1-7-3-9(19)12-8(5-23-2)6-24-16(11(7)12)26-17-15(22)14(21)13(20)10(4-18)25-17/h3,6,10-18,20-22H,4-5H2,1-2H3/t10-,11+,12-,13+,14+,15-,16-,17+/m0/s1. The van der Waals surface area contributed by atoms with Gasteiger partial charge >= 0.3 is 0 Å². The summed E-state index contributed by atoms with van der Waals surface area (Å²) < 4.78 is 21.8. The van der Waals surface area contributed by atoms with Gasteiger partial charge in [0.25, 0.3) is 0 Å². The molecular formula is C17H24O9. The molecule has 0 aromatic carbocycles. The summed E-state index contributed by atoms with van der Waals surface area (Å²) in [7, 11) is 1.52. The minimum Gasteiger partial charge on any atom is -0.472 e. The highest BCUT2D eigenvalue weighted by Gasteiger charge is 2.50. The van der Waals surface area contributed by atoms with Gasteiger partial charge in [0.15, 0.2) is 12.1 Å². The van der Waals surface area contributed by atoms with Crippen molar-refractivity contribution in [1.29, 1.82) is 0 Å². The molecule has 1 aliphatic carbocycles. The SMILES string of the molecule is COCC1=CO[C@@H](O[C@H]2O[C@@H](CO)[C@@H](O)[C@@H](O)[C@@H]2O)[C@@H]2C(C)=CC(=O)[C@H]12. The van der Waals surface area contributed by atoms with Crippen LogP contribution < -0.4 is 0 Å². The van der Waals surface area contributed by atoms with E-state index in [-0.39, 0.29) is 12.4 Å². The van der Waals surface area contributed by atoms with Gasteiger partial charge in [-0.05, 0) is 13.0 Å². The minimum atomic E-state index is -1.55. The Kier molecular flexibility index (Phi) is 5.78. The Morgan fingerprint density at radius 1 is 1.15 bits per heavy atom. The fourth-order valence-electron chi connectivity index (χ4n) is 3.67. The molecule has 9 nitrogen and oxygen atoms in total. The zero-order valence-corrected chi connectivity index (χ0v) is 14.5. The Balaban J connectivity index is 1.79. The van der Waals surface area contributed by atoms with Gasteiger partial charge in [0.1, 0.15) is 24.4 Å². The minimum absolute atomic E-state index is 0.0819. The van der Waals surface area contributed by atoms with Crippen LogP contribution in [0.5, 0.6) is 0 Å². The molecule has 3 rings (SSSR count). The van der Waals surface area contributed by atoms with Gasteiger partial charge in [-0.1, -0.05) is 5.57 Å². The van der Waals surface area contributed by atoms with Crippen LogP contribution in [0.2, 0.25) is 0 Å². The molecule has 3 aliphatic rings. The average Bonchev–Trinajstić information content (AvgIpc) is 2.92. The third kappa shape index (κ3) is 3.31. The molecule has 26 heavy (non-hydrogen) atoms. The van der Waals surface area contributed by atoms with E-state index in [1.54, 1.807) is 6.92 Å². The van der Waals surface area contributed by atoms with Crippen LogP contribution in [-0.2, 0) is 23.7 Å². The van der Waals surface area contributed by atoms with Crippen molar-refractivity contribution in [3.63, 3.8) is 0 Å². The van der Waals surface area contributed by atoms with E-state index < -0.39 is 55.4 Å². The normalized spacial score (nSPS) is 42.8. The van der Waals surface area contributed by atoms with Crippen molar-refractivity contribution in [2.75, 3.05) is 20.3 Å². The number of ether oxygens (including phenoxy) is 4. The lowest BCUT2D eigenvalue weighted by atomic mass is 9.83. The second-order valence-electron chi connectivity index (χ2n) is 6.76. The van der Waals surface area contributed by atoms with Crippen molar-refractivity contribution < 1.29 is 44.2 Å². The Labute approximate surface area is 150 Å². The van der Waals surface area contributed by atoms with E-state index in [1.807, 2.05) is 0 Å². The van der Waals surface area contributed by atoms with Gasteiger partial charge in [-0.2, -0.15) is 0 Å². The maximum atomic E-state index is 12.3. The van der Waals surface area contributed by atoms with Crippen LogP contribution in [0.1, 0.15) is 6.92 Å². The van der Waals surface area contributed by atoms with Crippen molar-refractivity contribution in [1.82, 2.24) is 0 Å². The predicted octanol–water partition coefficient (Wildman–Crippen LogP) is -1.55. The molecule has 2 aliphatic heterocycles. The van der Waals surface area contributed by atoms with Crippen molar-refractivity contribution in [3.8, 4) is 0 Å². The Bertz CT molecular complexity index is 599. The Hall–Kier alpha value is -1.33. The highest BCUT2D eigenvalue weighted by molar-refractivity contribution is 5.97. The van der Waals surface area contributed by atoms with Crippen LogP contribution in [0, 0.1) is 11.8 Å². The first-order chi connectivity index (χ1) is 12.4. The van der Waals surface area contributed by atoms with Crippen LogP contribution in [0.4, 0.5) is 0 Å². The zero-order valence-electron chi connectivity index (χ0n) is 14.5. The average molecular weight is 372 g/mol. The fourth-order valence-corrected chi connectivity index (χ4v) is 3.67. The number of carbonyl (C=O) groups excluding carboxylic acids is 1. The molecule has 0 bridgehead atoms. The van der Waals surface area contributed by atoms with Crippen LogP contribution in [-0.4, -0.2) is 83.5 Å². The molecule has 2 heterocycles. The summed E-state index contributed by atoms with van der Waals surface area (Å²) in [6.07, 6.45) is -4.99. The Morgan fingerprint density at radius 3 is 2.54 bits per heavy atom. The third-order valence-corrected chi connectivity index (χ3v) is 5.04. The van der Waals surface area contributed by atoms with Crippen LogP contribution >= 0.6 is 0 Å². The summed E-state index contributed by atoms with van der Waals surface area (Å²) in [5.41, 5.74) is 1.44. The quantitative estimate of drug-likeness (QED) is 0.452. The number of aliphatic hydroxyl groups is 4. The lowest BCUT2D eigenvalue weighted by Gasteiger charge is -2.42. The molecule has 0 radical (unpaired) electrons. The summed E-state index contributed by atoms with van der Waals surface area (Å²) in [6, 6.07) is 0. The maximum Gasteiger partial charge on any atom is 0.209 e. The molecule has 8 atom stereocenters. The maximum absolute atomic E-state index is 12.3. The van der Waals surface area contributed by atoms with Crippen LogP contribution in [0.3, 0.4) is 0 Å². The number of hydrogen-bond acceptors (Lipinski definition) is 9. The molecule has 0 unspecified atom stereocenters. The molecule has 1 fully saturated rings. The highest BCUT2D eigenvalue weighted by Crippen LogP contribution is 2.42. The number of carbonyl (C=O) groups is 1. The molecule has 0 aromatic heterocycles. The van der Waals surface area contributed by atoms with Crippen LogP contribution in [0.25, 0.3) is 0 Å². The second kappa shape index (κ2) is 7.73. The van der Waals surface area contributed by atoms with E-state index >= 15 is 0 Å². The summed E-state index contributed by atoms with van der Waals surface area (Å²) in [6.45, 7) is 1.46. The first kappa shape index (κ1) is 19.4. The summed E-state index contributed by atoms with van der Waals surface area (Å²) in [4.78, 5) is 12.3. The molecular weight excluding hydrogens is 348 g/mol. The number of aliphatic hydroxyl groups excluding tert-OH is 4. The van der Waals surface area contributed by atoms with Gasteiger partial charge in [0.05, 0.1) is 31.3 Å². The molecule has 1 saturated heterocycles. The number of rotatable bonds is 5. The molecule has 0 amide bonds. The van der Waals surface area contributed by atoms with Crippen molar-refractivity contribution in [2.24, 2.45) is 11.8 Å². The van der Waals surface area contributed by atoms with E-state index in [9.17, 15) is 25.2 Å². The first-order valence-corrected chi connectivity index (χ1v) is 8.40. The smallest absolute Gasteiger partial charge is 0.209 e. The molecule has 9 heteroatoms. The van der Waals surface area contributed by atoms with Gasteiger partial charge in [-0.25, -0.2) is 0 Å². The van der Waals surface area contributed by atoms with E-state index in [4.69, 9.17) is 18.9 Å². The molecule has 0 spiro atoms. The van der Waals surface area contributed by atoms with Crippen LogP contribution in [0.15, 0.2) is 23.5 Å².